The van der Waals surface area contributed by atoms with Gasteiger partial charge in [-0.3, -0.25) is 4.79 Å². The van der Waals surface area contributed by atoms with Gasteiger partial charge < -0.3 is 15.2 Å². The number of ether oxygens (including phenoxy) is 1. The Morgan fingerprint density at radius 2 is 2.15 bits per heavy atom. The Bertz CT molecular complexity index is 591. The Labute approximate surface area is 123 Å². The third-order valence-electron chi connectivity index (χ3n) is 2.53. The van der Waals surface area contributed by atoms with Crippen LogP contribution in [0.1, 0.15) is 27.5 Å². The first-order chi connectivity index (χ1) is 9.58. The summed E-state index contributed by atoms with van der Waals surface area (Å²) in [6.45, 7) is 1.68. The second-order valence-electron chi connectivity index (χ2n) is 4.01. The molecule has 1 amide bonds. The monoisotopic (exact) mass is 311 g/mol. The van der Waals surface area contributed by atoms with Gasteiger partial charge >= 0.3 is 5.97 Å². The van der Waals surface area contributed by atoms with Crippen LogP contribution in [0.25, 0.3) is 0 Å². The van der Waals surface area contributed by atoms with Gasteiger partial charge in [-0.1, -0.05) is 6.07 Å². The molecule has 2 heterocycles. The maximum Gasteiger partial charge on any atom is 0.349 e. The van der Waals surface area contributed by atoms with E-state index in [4.69, 9.17) is 9.84 Å². The van der Waals surface area contributed by atoms with Gasteiger partial charge in [0.05, 0.1) is 6.04 Å². The zero-order chi connectivity index (χ0) is 14.5. The first kappa shape index (κ1) is 14.5. The molecule has 2 rings (SSSR count). The van der Waals surface area contributed by atoms with Gasteiger partial charge in [-0.15, -0.1) is 22.7 Å². The maximum absolute atomic E-state index is 11.7. The van der Waals surface area contributed by atoms with Gasteiger partial charge in [0.1, 0.15) is 5.75 Å². The summed E-state index contributed by atoms with van der Waals surface area (Å²) >= 11 is 2.63. The first-order valence-corrected chi connectivity index (χ1v) is 7.60. The number of carbonyl (C=O) groups is 2. The molecule has 0 aromatic carbocycles. The molecule has 0 radical (unpaired) electrons. The van der Waals surface area contributed by atoms with Crippen LogP contribution in [0.3, 0.4) is 0 Å². The number of thiophene rings is 2. The lowest BCUT2D eigenvalue weighted by Crippen LogP contribution is -2.31. The summed E-state index contributed by atoms with van der Waals surface area (Å²) in [5.74, 6) is -1.11. The van der Waals surface area contributed by atoms with Crippen molar-refractivity contribution >= 4 is 34.6 Å². The fraction of sp³-hybridized carbons (Fsp3) is 0.231. The normalized spacial score (nSPS) is 11.8. The predicted molar refractivity (Wildman–Crippen MR) is 77.7 cm³/mol. The molecule has 2 N–H and O–H groups in total. The van der Waals surface area contributed by atoms with E-state index in [1.54, 1.807) is 22.8 Å². The van der Waals surface area contributed by atoms with Crippen LogP contribution in [0, 0.1) is 0 Å². The van der Waals surface area contributed by atoms with Gasteiger partial charge in [0.2, 0.25) is 0 Å². The van der Waals surface area contributed by atoms with Crippen LogP contribution in [0.2, 0.25) is 0 Å². The Kier molecular flexibility index (Phi) is 4.75. The third-order valence-corrected chi connectivity index (χ3v) is 4.47. The highest BCUT2D eigenvalue weighted by Gasteiger charge is 2.15. The van der Waals surface area contributed by atoms with Crippen molar-refractivity contribution in [2.45, 2.75) is 13.0 Å². The quantitative estimate of drug-likeness (QED) is 0.860. The number of hydrogen-bond donors (Lipinski definition) is 2. The van der Waals surface area contributed by atoms with Gasteiger partial charge in [-0.25, -0.2) is 4.79 Å². The summed E-state index contributed by atoms with van der Waals surface area (Å²) in [7, 11) is 0. The molecule has 0 aliphatic rings. The highest BCUT2D eigenvalue weighted by molar-refractivity contribution is 7.12. The van der Waals surface area contributed by atoms with Crippen LogP contribution in [0.4, 0.5) is 0 Å². The summed E-state index contributed by atoms with van der Waals surface area (Å²) in [6.07, 6.45) is 0. The lowest BCUT2D eigenvalue weighted by Gasteiger charge is -2.12. The van der Waals surface area contributed by atoms with Crippen molar-refractivity contribution in [2.24, 2.45) is 0 Å². The minimum Gasteiger partial charge on any atom is -0.482 e. The minimum atomic E-state index is -1.05. The van der Waals surface area contributed by atoms with E-state index in [1.807, 2.05) is 24.4 Å². The number of hydrogen-bond acceptors (Lipinski definition) is 5. The molecule has 0 saturated heterocycles. The molecule has 0 saturated carbocycles. The van der Waals surface area contributed by atoms with Gasteiger partial charge in [-0.05, 0) is 29.8 Å². The van der Waals surface area contributed by atoms with E-state index in [-0.39, 0.29) is 29.2 Å². The lowest BCUT2D eigenvalue weighted by molar-refractivity contribution is -0.123. The van der Waals surface area contributed by atoms with E-state index >= 15 is 0 Å². The van der Waals surface area contributed by atoms with Crippen LogP contribution >= 0.6 is 22.7 Å². The number of aromatic carboxylic acids is 1. The van der Waals surface area contributed by atoms with Crippen LogP contribution in [-0.2, 0) is 4.79 Å². The van der Waals surface area contributed by atoms with Crippen molar-refractivity contribution in [2.75, 3.05) is 6.61 Å². The average Bonchev–Trinajstić information content (AvgIpc) is 3.07. The van der Waals surface area contributed by atoms with Gasteiger partial charge in [-0.2, -0.15) is 0 Å². The molecular formula is C13H13NO4S2. The summed E-state index contributed by atoms with van der Waals surface area (Å²) < 4.78 is 5.24. The molecule has 0 aliphatic heterocycles. The van der Waals surface area contributed by atoms with Crippen LogP contribution in [0.15, 0.2) is 29.0 Å². The molecule has 0 fully saturated rings. The summed E-state index contributed by atoms with van der Waals surface area (Å²) in [5, 5.41) is 15.3. The average molecular weight is 311 g/mol. The number of nitrogens with one attached hydrogen (secondary N) is 1. The zero-order valence-corrected chi connectivity index (χ0v) is 12.3. The van der Waals surface area contributed by atoms with Crippen molar-refractivity contribution in [3.8, 4) is 5.75 Å². The second-order valence-corrected chi connectivity index (χ2v) is 5.91. The van der Waals surface area contributed by atoms with Crippen LogP contribution in [0.5, 0.6) is 5.75 Å². The number of carboxylic acids is 1. The van der Waals surface area contributed by atoms with Gasteiger partial charge in [0.15, 0.2) is 11.5 Å². The third kappa shape index (κ3) is 3.58. The van der Waals surface area contributed by atoms with Crippen molar-refractivity contribution in [3.63, 3.8) is 0 Å². The standard InChI is InChI=1S/C13H13NO4S2/c1-8(10-3-2-5-19-10)14-11(15)7-18-9-4-6-20-12(9)13(16)17/h2-6,8H,7H2,1H3,(H,14,15)(H,16,17). The Morgan fingerprint density at radius 1 is 1.35 bits per heavy atom. The fourth-order valence-electron chi connectivity index (χ4n) is 1.60. The van der Waals surface area contributed by atoms with Crippen LogP contribution < -0.4 is 10.1 Å². The van der Waals surface area contributed by atoms with E-state index in [1.165, 1.54) is 0 Å². The largest absolute Gasteiger partial charge is 0.482 e. The molecule has 0 spiro atoms. The number of amides is 1. The maximum atomic E-state index is 11.7. The van der Waals surface area contributed by atoms with Crippen molar-refractivity contribution in [3.05, 3.63) is 38.7 Å². The fourth-order valence-corrected chi connectivity index (χ4v) is 3.01. The first-order valence-electron chi connectivity index (χ1n) is 5.84. The summed E-state index contributed by atoms with van der Waals surface area (Å²) in [6, 6.07) is 5.32. The molecule has 1 atom stereocenters. The highest BCUT2D eigenvalue weighted by Crippen LogP contribution is 2.24. The van der Waals surface area contributed by atoms with Gasteiger partial charge in [0.25, 0.3) is 5.91 Å². The lowest BCUT2D eigenvalue weighted by atomic mass is 10.3. The molecule has 0 bridgehead atoms. The summed E-state index contributed by atoms with van der Waals surface area (Å²) in [4.78, 5) is 23.8. The van der Waals surface area contributed by atoms with E-state index in [2.05, 4.69) is 5.32 Å². The Hall–Kier alpha value is -1.86. The zero-order valence-electron chi connectivity index (χ0n) is 10.7. The van der Waals surface area contributed by atoms with Crippen LogP contribution in [-0.4, -0.2) is 23.6 Å². The molecule has 1 unspecified atom stereocenters. The SMILES string of the molecule is CC(NC(=O)COc1ccsc1C(=O)O)c1cccs1. The predicted octanol–water partition coefficient (Wildman–Crippen LogP) is 2.76. The Balaban J connectivity index is 1.86. The van der Waals surface area contributed by atoms with Crippen molar-refractivity contribution in [1.82, 2.24) is 5.32 Å². The molecule has 2 aromatic heterocycles. The molecule has 5 nitrogen and oxygen atoms in total. The van der Waals surface area contributed by atoms with Crippen molar-refractivity contribution < 1.29 is 19.4 Å². The number of carbonyl (C=O) groups excluding carboxylic acids is 1. The number of rotatable bonds is 6. The minimum absolute atomic E-state index is 0.0903. The highest BCUT2D eigenvalue weighted by atomic mass is 32.1. The van der Waals surface area contributed by atoms with E-state index in [0.29, 0.717) is 0 Å². The van der Waals surface area contributed by atoms with Gasteiger partial charge in [0, 0.05) is 4.88 Å². The molecule has 2 aromatic rings. The summed E-state index contributed by atoms with van der Waals surface area (Å²) in [5.41, 5.74) is 0. The smallest absolute Gasteiger partial charge is 0.349 e. The molecule has 0 aliphatic carbocycles. The molecular weight excluding hydrogens is 298 g/mol. The Morgan fingerprint density at radius 3 is 2.80 bits per heavy atom. The van der Waals surface area contributed by atoms with E-state index < -0.39 is 5.97 Å². The number of carboxylic acid groups (broad SMARTS) is 1. The molecule has 7 heteroatoms. The van der Waals surface area contributed by atoms with E-state index in [9.17, 15) is 9.59 Å². The molecule has 106 valence electrons. The van der Waals surface area contributed by atoms with Crippen molar-refractivity contribution in [1.29, 1.82) is 0 Å². The second kappa shape index (κ2) is 6.53. The van der Waals surface area contributed by atoms with E-state index in [0.717, 1.165) is 16.2 Å². The molecule has 20 heavy (non-hydrogen) atoms. The topological polar surface area (TPSA) is 75.6 Å².